The predicted molar refractivity (Wildman–Crippen MR) is 71.3 cm³/mol. The number of aliphatic carboxylic acids is 4. The zero-order valence-electron chi connectivity index (χ0n) is 12.4. The molecule has 0 saturated heterocycles. The van der Waals surface area contributed by atoms with E-state index in [-0.39, 0.29) is 18.6 Å². The molecule has 1 radical (unpaired) electrons. The van der Waals surface area contributed by atoms with Gasteiger partial charge in [0, 0.05) is 59.3 Å². The van der Waals surface area contributed by atoms with Crippen molar-refractivity contribution in [2.45, 2.75) is 27.7 Å². The molecule has 0 unspecified atom stereocenters. The van der Waals surface area contributed by atoms with E-state index < -0.39 is 23.9 Å². The third kappa shape index (κ3) is 13000. The van der Waals surface area contributed by atoms with E-state index in [9.17, 15) is 0 Å². The van der Waals surface area contributed by atoms with E-state index in [1.165, 1.54) is 0 Å². The Kier molecular flexibility index (Phi) is 63.1. The first kappa shape index (κ1) is 36.6. The summed E-state index contributed by atoms with van der Waals surface area (Å²) in [5, 5.41) is 29.7. The van der Waals surface area contributed by atoms with Crippen LogP contribution in [0.2, 0.25) is 0 Å². The van der Waals surface area contributed by atoms with Gasteiger partial charge in [0.05, 0.1) is 0 Å². The van der Waals surface area contributed by atoms with Gasteiger partial charge in [0.2, 0.25) is 0 Å². The Balaban J connectivity index is -0.0000000331. The number of hydrogen-bond donors (Lipinski definition) is 6. The molecule has 0 aliphatic carbocycles. The largest absolute Gasteiger partial charge is 0.481 e. The Hall–Kier alpha value is -1.62. The molecule has 127 valence electrons. The van der Waals surface area contributed by atoms with E-state index >= 15 is 0 Å². The van der Waals surface area contributed by atoms with Crippen LogP contribution in [-0.2, 0) is 37.7 Å². The molecule has 0 spiro atoms. The van der Waals surface area contributed by atoms with Gasteiger partial charge in [-0.05, 0) is 0 Å². The molecule has 0 rings (SSSR count). The summed E-state index contributed by atoms with van der Waals surface area (Å²) in [5.41, 5.74) is 9.81. The molecule has 0 aromatic carbocycles. The Labute approximate surface area is 135 Å². The topological polar surface area (TPSA) is 201 Å². The summed E-state index contributed by atoms with van der Waals surface area (Å²) in [6, 6.07) is 0. The molecule has 0 heterocycles. The fraction of sp³-hybridized carbons (Fsp3) is 0.600. The van der Waals surface area contributed by atoms with E-state index in [1.807, 2.05) is 0 Å². The molecule has 0 atom stereocenters. The van der Waals surface area contributed by atoms with Crippen molar-refractivity contribution in [1.82, 2.24) is 0 Å². The fourth-order valence-corrected chi connectivity index (χ4v) is 0. The molecule has 8 N–H and O–H groups in total. The predicted octanol–water partition coefficient (Wildman–Crippen LogP) is -0.735. The van der Waals surface area contributed by atoms with Crippen LogP contribution >= 0.6 is 0 Å². The van der Waals surface area contributed by atoms with Crippen molar-refractivity contribution in [3.05, 3.63) is 0 Å². The molecule has 0 aliphatic rings. The first-order chi connectivity index (χ1) is 8.84. The van der Waals surface area contributed by atoms with Gasteiger partial charge >= 0.3 is 0 Å². The Morgan fingerprint density at radius 2 is 0.667 bits per heavy atom. The molecule has 21 heavy (non-hydrogen) atoms. The summed E-state index contributed by atoms with van der Waals surface area (Å²) in [6.07, 6.45) is 0. The van der Waals surface area contributed by atoms with E-state index in [1.54, 1.807) is 0 Å². The van der Waals surface area contributed by atoms with Crippen LogP contribution in [-0.4, -0.2) is 57.4 Å². The molecule has 0 bridgehead atoms. The summed E-state index contributed by atoms with van der Waals surface area (Å²) in [5.74, 6) is -3.33. The summed E-state index contributed by atoms with van der Waals surface area (Å²) < 4.78 is 0. The molecule has 0 amide bonds. The maximum Gasteiger partial charge on any atom is 0.300 e. The fourth-order valence-electron chi connectivity index (χ4n) is 0. The van der Waals surface area contributed by atoms with Crippen molar-refractivity contribution < 1.29 is 58.2 Å². The van der Waals surface area contributed by atoms with Crippen LogP contribution in [0.25, 0.3) is 0 Å². The summed E-state index contributed by atoms with van der Waals surface area (Å²) in [6.45, 7) is 5.53. The van der Waals surface area contributed by atoms with Crippen molar-refractivity contribution in [3.63, 3.8) is 0 Å². The van der Waals surface area contributed by atoms with Gasteiger partial charge in [-0.1, -0.05) is 0 Å². The average Bonchev–Trinajstić information content (AvgIpc) is 2.13. The minimum Gasteiger partial charge on any atom is -0.481 e. The van der Waals surface area contributed by atoms with Crippen LogP contribution in [0.4, 0.5) is 0 Å². The van der Waals surface area contributed by atoms with Crippen LogP contribution in [0.3, 0.4) is 0 Å². The molecule has 11 heteroatoms. The molecule has 0 fully saturated rings. The van der Waals surface area contributed by atoms with Gasteiger partial charge in [0.25, 0.3) is 23.9 Å². The SMILES string of the molecule is CC(=O)O.CC(=O)O.CC(=O)O.CC(=O)O.NCCN.[V]. The standard InChI is InChI=1S/C2H8N2.4C2H4O2.V/c3-1-2-4;4*1-2(3)4;/h1-4H2;4*1H3,(H,3,4);. The number of rotatable bonds is 1. The molecule has 0 aromatic rings. The Morgan fingerprint density at radius 3 is 0.667 bits per heavy atom. The van der Waals surface area contributed by atoms with Gasteiger partial charge in [0.1, 0.15) is 0 Å². The Bertz CT molecular complexity index is 195. The van der Waals surface area contributed by atoms with Crippen LogP contribution in [0.1, 0.15) is 27.7 Å². The van der Waals surface area contributed by atoms with Crippen LogP contribution in [0.15, 0.2) is 0 Å². The second-order valence-corrected chi connectivity index (χ2v) is 2.65. The molecule has 0 saturated carbocycles. The monoisotopic (exact) mass is 351 g/mol. The van der Waals surface area contributed by atoms with Crippen molar-refractivity contribution in [2.24, 2.45) is 11.5 Å². The van der Waals surface area contributed by atoms with Gasteiger partial charge < -0.3 is 31.9 Å². The van der Waals surface area contributed by atoms with Gasteiger partial charge in [0.15, 0.2) is 0 Å². The van der Waals surface area contributed by atoms with E-state index in [2.05, 4.69) is 0 Å². The van der Waals surface area contributed by atoms with E-state index in [0.29, 0.717) is 13.1 Å². The zero-order valence-corrected chi connectivity index (χ0v) is 13.8. The van der Waals surface area contributed by atoms with Crippen LogP contribution < -0.4 is 11.5 Å². The van der Waals surface area contributed by atoms with Gasteiger partial charge in [-0.2, -0.15) is 0 Å². The minimum absolute atomic E-state index is 0. The molecule has 10 nitrogen and oxygen atoms in total. The van der Waals surface area contributed by atoms with Crippen LogP contribution in [0, 0.1) is 0 Å². The van der Waals surface area contributed by atoms with E-state index in [4.69, 9.17) is 51.1 Å². The van der Waals surface area contributed by atoms with Crippen molar-refractivity contribution in [2.75, 3.05) is 13.1 Å². The van der Waals surface area contributed by atoms with Gasteiger partial charge in [-0.3, -0.25) is 19.2 Å². The zero-order chi connectivity index (χ0) is 17.7. The minimum atomic E-state index is -0.833. The second kappa shape index (κ2) is 36.2. The van der Waals surface area contributed by atoms with Crippen molar-refractivity contribution in [3.8, 4) is 0 Å². The number of carboxylic acids is 4. The summed E-state index contributed by atoms with van der Waals surface area (Å²) >= 11 is 0. The maximum absolute atomic E-state index is 9.00. The second-order valence-electron chi connectivity index (χ2n) is 2.65. The van der Waals surface area contributed by atoms with Crippen molar-refractivity contribution >= 4 is 23.9 Å². The normalized spacial score (nSPS) is 6.19. The Morgan fingerprint density at radius 1 is 0.619 bits per heavy atom. The third-order valence-electron chi connectivity index (χ3n) is 0.167. The third-order valence-corrected chi connectivity index (χ3v) is 0.167. The maximum atomic E-state index is 9.00. The average molecular weight is 351 g/mol. The van der Waals surface area contributed by atoms with Crippen molar-refractivity contribution in [1.29, 1.82) is 0 Å². The summed E-state index contributed by atoms with van der Waals surface area (Å²) in [7, 11) is 0. The first-order valence-electron chi connectivity index (χ1n) is 5.03. The van der Waals surface area contributed by atoms with E-state index in [0.717, 1.165) is 27.7 Å². The summed E-state index contributed by atoms with van der Waals surface area (Å²) in [4.78, 5) is 36.0. The molecular formula is C10H24N2O8V. The number of nitrogens with two attached hydrogens (primary N) is 2. The number of carboxylic acid groups (broad SMARTS) is 4. The molecule has 0 aromatic heterocycles. The smallest absolute Gasteiger partial charge is 0.300 e. The first-order valence-corrected chi connectivity index (χ1v) is 5.03. The molecular weight excluding hydrogens is 327 g/mol. The van der Waals surface area contributed by atoms with Gasteiger partial charge in [-0.25, -0.2) is 0 Å². The van der Waals surface area contributed by atoms with Gasteiger partial charge in [-0.15, -0.1) is 0 Å². The quantitative estimate of drug-likeness (QED) is 0.349. The van der Waals surface area contributed by atoms with Crippen LogP contribution in [0.5, 0.6) is 0 Å². The molecule has 0 aliphatic heterocycles. The number of hydrogen-bond acceptors (Lipinski definition) is 6. The number of carbonyl (C=O) groups is 4.